The molecule has 0 spiro atoms. The molecule has 3 rings (SSSR count). The molecule has 0 radical (unpaired) electrons. The van der Waals surface area contributed by atoms with Crippen LogP contribution >= 0.6 is 0 Å². The van der Waals surface area contributed by atoms with Crippen molar-refractivity contribution in [1.82, 2.24) is 25.3 Å². The Labute approximate surface area is 174 Å². The van der Waals surface area contributed by atoms with Gasteiger partial charge >= 0.3 is 0 Å². The summed E-state index contributed by atoms with van der Waals surface area (Å²) in [7, 11) is 1.81. The van der Waals surface area contributed by atoms with Gasteiger partial charge in [0, 0.05) is 44.5 Å². The van der Waals surface area contributed by atoms with E-state index in [1.165, 1.54) is 5.56 Å². The summed E-state index contributed by atoms with van der Waals surface area (Å²) in [5, 5.41) is 11.6. The van der Waals surface area contributed by atoms with Crippen molar-refractivity contribution in [3.05, 3.63) is 47.3 Å². The van der Waals surface area contributed by atoms with Crippen LogP contribution in [0.3, 0.4) is 0 Å². The summed E-state index contributed by atoms with van der Waals surface area (Å²) in [6.07, 6.45) is 0. The molecular weight excluding hydrogens is 364 g/mol. The van der Waals surface area contributed by atoms with Gasteiger partial charge < -0.3 is 15.4 Å². The summed E-state index contributed by atoms with van der Waals surface area (Å²) < 4.78 is 7.49. The zero-order valence-electron chi connectivity index (χ0n) is 18.3. The summed E-state index contributed by atoms with van der Waals surface area (Å²) in [4.78, 5) is 6.87. The second-order valence-corrected chi connectivity index (χ2v) is 8.16. The summed E-state index contributed by atoms with van der Waals surface area (Å²) in [6, 6.07) is 10.4. The molecule has 2 heterocycles. The number of aliphatic imine (C=N–C) groups is 1. The predicted molar refractivity (Wildman–Crippen MR) is 118 cm³/mol. The second kappa shape index (κ2) is 9.41. The van der Waals surface area contributed by atoms with E-state index >= 15 is 0 Å². The maximum atomic E-state index is 5.48. The third kappa shape index (κ3) is 5.36. The molecule has 0 unspecified atom stereocenters. The fourth-order valence-electron chi connectivity index (χ4n) is 3.72. The summed E-state index contributed by atoms with van der Waals surface area (Å²) in [5.74, 6) is 0.800. The summed E-state index contributed by atoms with van der Waals surface area (Å²) in [6.45, 7) is 13.7. The van der Waals surface area contributed by atoms with Crippen molar-refractivity contribution in [3.8, 4) is 5.69 Å². The van der Waals surface area contributed by atoms with Crippen LogP contribution in [-0.4, -0.2) is 66.1 Å². The van der Waals surface area contributed by atoms with Crippen molar-refractivity contribution in [1.29, 1.82) is 0 Å². The van der Waals surface area contributed by atoms with Gasteiger partial charge in [-0.05, 0) is 45.4 Å². The van der Waals surface area contributed by atoms with Crippen LogP contribution in [0, 0.1) is 13.8 Å². The number of rotatable bonds is 6. The van der Waals surface area contributed by atoms with Gasteiger partial charge in [0.2, 0.25) is 0 Å². The number of para-hydroxylation sites is 1. The molecule has 0 aliphatic carbocycles. The highest BCUT2D eigenvalue weighted by Gasteiger charge is 2.28. The van der Waals surface area contributed by atoms with Gasteiger partial charge in [-0.25, -0.2) is 4.68 Å². The molecule has 2 aromatic rings. The minimum Gasteiger partial charge on any atom is -0.379 e. The van der Waals surface area contributed by atoms with Crippen molar-refractivity contribution >= 4 is 5.96 Å². The SMILES string of the molecule is CN=C(NCc1ccccc1-n1nc(C)cc1C)NCC(C)(C)N1CCOCC1. The Morgan fingerprint density at radius 1 is 1.17 bits per heavy atom. The molecule has 1 aliphatic heterocycles. The zero-order chi connectivity index (χ0) is 20.9. The quantitative estimate of drug-likeness (QED) is 0.577. The Morgan fingerprint density at radius 3 is 2.55 bits per heavy atom. The topological polar surface area (TPSA) is 66.7 Å². The van der Waals surface area contributed by atoms with Crippen LogP contribution in [0.15, 0.2) is 35.3 Å². The Hall–Kier alpha value is -2.38. The van der Waals surface area contributed by atoms with Crippen molar-refractivity contribution in [2.45, 2.75) is 39.8 Å². The molecule has 7 heteroatoms. The van der Waals surface area contributed by atoms with E-state index in [1.807, 2.05) is 24.7 Å². The monoisotopic (exact) mass is 398 g/mol. The molecule has 0 atom stereocenters. The van der Waals surface area contributed by atoms with Crippen LogP contribution in [0.4, 0.5) is 0 Å². The average Bonchev–Trinajstić information content (AvgIpc) is 3.07. The molecule has 0 bridgehead atoms. The van der Waals surface area contributed by atoms with Gasteiger partial charge in [0.15, 0.2) is 5.96 Å². The smallest absolute Gasteiger partial charge is 0.191 e. The van der Waals surface area contributed by atoms with E-state index in [-0.39, 0.29) is 5.54 Å². The van der Waals surface area contributed by atoms with Crippen LogP contribution in [0.5, 0.6) is 0 Å². The van der Waals surface area contributed by atoms with Gasteiger partial charge in [-0.1, -0.05) is 18.2 Å². The van der Waals surface area contributed by atoms with Gasteiger partial charge in [0.1, 0.15) is 0 Å². The molecule has 0 saturated carbocycles. The number of ether oxygens (including phenoxy) is 1. The second-order valence-electron chi connectivity index (χ2n) is 8.16. The van der Waals surface area contributed by atoms with Crippen molar-refractivity contribution in [2.75, 3.05) is 39.9 Å². The number of benzene rings is 1. The largest absolute Gasteiger partial charge is 0.379 e. The zero-order valence-corrected chi connectivity index (χ0v) is 18.3. The van der Waals surface area contributed by atoms with Crippen LogP contribution in [0.2, 0.25) is 0 Å². The van der Waals surface area contributed by atoms with E-state index in [0.29, 0.717) is 6.54 Å². The summed E-state index contributed by atoms with van der Waals surface area (Å²) >= 11 is 0. The molecule has 29 heavy (non-hydrogen) atoms. The molecule has 0 amide bonds. The number of hydrogen-bond donors (Lipinski definition) is 2. The van der Waals surface area contributed by atoms with Crippen LogP contribution in [0.1, 0.15) is 30.8 Å². The molecule has 2 N–H and O–H groups in total. The number of aryl methyl sites for hydroxylation is 2. The highest BCUT2D eigenvalue weighted by atomic mass is 16.5. The number of hydrogen-bond acceptors (Lipinski definition) is 4. The van der Waals surface area contributed by atoms with Crippen LogP contribution < -0.4 is 10.6 Å². The molecule has 158 valence electrons. The lowest BCUT2D eigenvalue weighted by atomic mass is 10.0. The number of nitrogens with one attached hydrogen (secondary N) is 2. The van der Waals surface area contributed by atoms with Gasteiger partial charge in [0.05, 0.1) is 24.6 Å². The molecule has 1 aliphatic rings. The fourth-order valence-corrected chi connectivity index (χ4v) is 3.72. The summed E-state index contributed by atoms with van der Waals surface area (Å²) in [5.41, 5.74) is 4.45. The molecule has 1 aromatic carbocycles. The van der Waals surface area contributed by atoms with Crippen molar-refractivity contribution < 1.29 is 4.74 Å². The highest BCUT2D eigenvalue weighted by molar-refractivity contribution is 5.79. The van der Waals surface area contributed by atoms with E-state index in [4.69, 9.17) is 4.74 Å². The molecule has 1 fully saturated rings. The van der Waals surface area contributed by atoms with Gasteiger partial charge in [-0.2, -0.15) is 5.10 Å². The Balaban J connectivity index is 1.62. The number of guanidine groups is 1. The van der Waals surface area contributed by atoms with Crippen LogP contribution in [-0.2, 0) is 11.3 Å². The van der Waals surface area contributed by atoms with Crippen molar-refractivity contribution in [3.63, 3.8) is 0 Å². The maximum Gasteiger partial charge on any atom is 0.191 e. The Bertz CT molecular complexity index is 836. The average molecular weight is 399 g/mol. The van der Waals surface area contributed by atoms with E-state index < -0.39 is 0 Å². The Kier molecular flexibility index (Phi) is 6.92. The first-order valence-electron chi connectivity index (χ1n) is 10.3. The first kappa shape index (κ1) is 21.3. The minimum atomic E-state index is 0.0308. The van der Waals surface area contributed by atoms with E-state index in [1.54, 1.807) is 0 Å². The normalized spacial score (nSPS) is 16.1. The predicted octanol–water partition coefficient (Wildman–Crippen LogP) is 2.26. The standard InChI is InChI=1S/C22H34N6O/c1-17-14-18(2)28(26-17)20-9-7-6-8-19(20)15-24-21(23-5)25-16-22(3,4)27-10-12-29-13-11-27/h6-9,14H,10-13,15-16H2,1-5H3,(H2,23,24,25). The molecule has 1 aromatic heterocycles. The third-order valence-corrected chi connectivity index (χ3v) is 5.45. The highest BCUT2D eigenvalue weighted by Crippen LogP contribution is 2.17. The number of aromatic nitrogens is 2. The lowest BCUT2D eigenvalue weighted by molar-refractivity contribution is -0.00834. The van der Waals surface area contributed by atoms with Gasteiger partial charge in [0.25, 0.3) is 0 Å². The molecular formula is C22H34N6O. The molecule has 7 nitrogen and oxygen atoms in total. The van der Waals surface area contributed by atoms with Gasteiger partial charge in [-0.3, -0.25) is 9.89 Å². The molecule has 1 saturated heterocycles. The van der Waals surface area contributed by atoms with Crippen LogP contribution in [0.25, 0.3) is 5.69 Å². The van der Waals surface area contributed by atoms with E-state index in [2.05, 4.69) is 70.7 Å². The minimum absolute atomic E-state index is 0.0308. The number of nitrogens with zero attached hydrogens (tertiary/aromatic N) is 4. The lowest BCUT2D eigenvalue weighted by Crippen LogP contribution is -2.56. The van der Waals surface area contributed by atoms with E-state index in [9.17, 15) is 0 Å². The fraction of sp³-hybridized carbons (Fsp3) is 0.545. The first-order chi connectivity index (χ1) is 13.9. The third-order valence-electron chi connectivity index (χ3n) is 5.45. The lowest BCUT2D eigenvalue weighted by Gasteiger charge is -2.41. The first-order valence-corrected chi connectivity index (χ1v) is 10.3. The Morgan fingerprint density at radius 2 is 1.90 bits per heavy atom. The maximum absolute atomic E-state index is 5.48. The number of morpholine rings is 1. The van der Waals surface area contributed by atoms with Gasteiger partial charge in [-0.15, -0.1) is 0 Å². The van der Waals surface area contributed by atoms with E-state index in [0.717, 1.165) is 55.9 Å². The van der Waals surface area contributed by atoms with Crippen molar-refractivity contribution in [2.24, 2.45) is 4.99 Å².